The van der Waals surface area contributed by atoms with Gasteiger partial charge in [-0.25, -0.2) is 4.98 Å². The van der Waals surface area contributed by atoms with E-state index in [1.807, 2.05) is 0 Å². The lowest BCUT2D eigenvalue weighted by Gasteiger charge is -2.34. The molecular formula is C14H23N5O2. The first-order chi connectivity index (χ1) is 10.3. The molecule has 3 heterocycles. The van der Waals surface area contributed by atoms with Gasteiger partial charge in [0, 0.05) is 6.42 Å². The monoisotopic (exact) mass is 293 g/mol. The molecule has 0 radical (unpaired) electrons. The molecule has 7 nitrogen and oxygen atoms in total. The maximum atomic E-state index is 12.1. The number of likely N-dealkylation sites (tertiary alicyclic amines) is 1. The predicted octanol–water partition coefficient (Wildman–Crippen LogP) is 0.0377. The number of nitrogens with one attached hydrogen (secondary N) is 1. The number of rotatable bonds is 5. The second-order valence-corrected chi connectivity index (χ2v) is 5.78. The SMILES string of the molecule is O=C(CCn1cncn1)N[C@@H]1COC[C@H]1N1CCCCC1. The number of ether oxygens (including phenoxy) is 1. The predicted molar refractivity (Wildman–Crippen MR) is 76.6 cm³/mol. The van der Waals surface area contributed by atoms with Crippen LogP contribution in [0.1, 0.15) is 25.7 Å². The van der Waals surface area contributed by atoms with E-state index in [1.165, 1.54) is 25.6 Å². The fourth-order valence-electron chi connectivity index (χ4n) is 3.13. The summed E-state index contributed by atoms with van der Waals surface area (Å²) in [5.74, 6) is 0.0583. The van der Waals surface area contributed by atoms with Gasteiger partial charge in [-0.2, -0.15) is 5.10 Å². The zero-order chi connectivity index (χ0) is 14.5. The van der Waals surface area contributed by atoms with Crippen LogP contribution in [0.4, 0.5) is 0 Å². The van der Waals surface area contributed by atoms with Gasteiger partial charge in [0.15, 0.2) is 0 Å². The Kier molecular flexibility index (Phi) is 4.82. The van der Waals surface area contributed by atoms with Gasteiger partial charge in [-0.15, -0.1) is 0 Å². The third-order valence-corrected chi connectivity index (χ3v) is 4.29. The Labute approximate surface area is 124 Å². The Balaban J connectivity index is 1.47. The topological polar surface area (TPSA) is 72.3 Å². The summed E-state index contributed by atoms with van der Waals surface area (Å²) in [5.41, 5.74) is 0. The fraction of sp³-hybridized carbons (Fsp3) is 0.786. The zero-order valence-corrected chi connectivity index (χ0v) is 12.3. The van der Waals surface area contributed by atoms with Crippen molar-refractivity contribution >= 4 is 5.91 Å². The molecule has 0 bridgehead atoms. The summed E-state index contributed by atoms with van der Waals surface area (Å²) in [7, 11) is 0. The van der Waals surface area contributed by atoms with Crippen molar-refractivity contribution in [2.45, 2.75) is 44.3 Å². The molecule has 0 saturated carbocycles. The van der Waals surface area contributed by atoms with Crippen LogP contribution in [-0.4, -0.2) is 64.0 Å². The van der Waals surface area contributed by atoms with Crippen LogP contribution >= 0.6 is 0 Å². The summed E-state index contributed by atoms with van der Waals surface area (Å²) in [6.45, 7) is 4.16. The number of amides is 1. The van der Waals surface area contributed by atoms with Gasteiger partial charge in [0.1, 0.15) is 12.7 Å². The lowest BCUT2D eigenvalue weighted by Crippen LogP contribution is -2.52. The van der Waals surface area contributed by atoms with E-state index in [1.54, 1.807) is 11.0 Å². The van der Waals surface area contributed by atoms with Crippen LogP contribution < -0.4 is 5.32 Å². The molecule has 1 N–H and O–H groups in total. The highest BCUT2D eigenvalue weighted by Crippen LogP contribution is 2.19. The van der Waals surface area contributed by atoms with Gasteiger partial charge in [0.25, 0.3) is 0 Å². The summed E-state index contributed by atoms with van der Waals surface area (Å²) < 4.78 is 7.26. The van der Waals surface area contributed by atoms with Crippen LogP contribution in [0, 0.1) is 0 Å². The third kappa shape index (κ3) is 3.79. The molecule has 0 spiro atoms. The summed E-state index contributed by atoms with van der Waals surface area (Å²) in [6.07, 6.45) is 7.36. The highest BCUT2D eigenvalue weighted by atomic mass is 16.5. The molecule has 116 valence electrons. The number of carbonyl (C=O) groups is 1. The van der Waals surface area contributed by atoms with E-state index in [9.17, 15) is 4.79 Å². The summed E-state index contributed by atoms with van der Waals surface area (Å²) in [5, 5.41) is 7.12. The van der Waals surface area contributed by atoms with E-state index in [-0.39, 0.29) is 11.9 Å². The van der Waals surface area contributed by atoms with Crippen molar-refractivity contribution in [3.8, 4) is 0 Å². The number of carbonyl (C=O) groups excluding carboxylic acids is 1. The van der Waals surface area contributed by atoms with E-state index in [0.717, 1.165) is 19.7 Å². The Hall–Kier alpha value is -1.47. The first-order valence-electron chi connectivity index (χ1n) is 7.76. The second kappa shape index (κ2) is 7.00. The molecule has 2 aliphatic heterocycles. The molecule has 1 aromatic rings. The second-order valence-electron chi connectivity index (χ2n) is 5.78. The van der Waals surface area contributed by atoms with Gasteiger partial charge in [-0.3, -0.25) is 14.4 Å². The maximum absolute atomic E-state index is 12.1. The number of nitrogens with zero attached hydrogens (tertiary/aromatic N) is 4. The van der Waals surface area contributed by atoms with Crippen molar-refractivity contribution in [2.24, 2.45) is 0 Å². The average Bonchev–Trinajstić information content (AvgIpc) is 3.17. The van der Waals surface area contributed by atoms with E-state index < -0.39 is 0 Å². The van der Waals surface area contributed by atoms with Gasteiger partial charge < -0.3 is 10.1 Å². The van der Waals surface area contributed by atoms with Crippen molar-refractivity contribution in [2.75, 3.05) is 26.3 Å². The molecule has 2 atom stereocenters. The van der Waals surface area contributed by atoms with Crippen LogP contribution in [0.15, 0.2) is 12.7 Å². The van der Waals surface area contributed by atoms with Crippen molar-refractivity contribution in [3.05, 3.63) is 12.7 Å². The lowest BCUT2D eigenvalue weighted by atomic mass is 10.0. The van der Waals surface area contributed by atoms with Gasteiger partial charge in [0.2, 0.25) is 5.91 Å². The van der Waals surface area contributed by atoms with E-state index in [2.05, 4.69) is 20.3 Å². The highest BCUT2D eigenvalue weighted by Gasteiger charge is 2.34. The molecule has 1 aromatic heterocycles. The quantitative estimate of drug-likeness (QED) is 0.830. The van der Waals surface area contributed by atoms with Gasteiger partial charge in [-0.05, 0) is 25.9 Å². The minimum atomic E-state index is 0.0583. The van der Waals surface area contributed by atoms with Crippen LogP contribution in [-0.2, 0) is 16.1 Å². The zero-order valence-electron chi connectivity index (χ0n) is 12.3. The van der Waals surface area contributed by atoms with Gasteiger partial charge in [0.05, 0.1) is 31.8 Å². The van der Waals surface area contributed by atoms with Crippen molar-refractivity contribution in [3.63, 3.8) is 0 Å². The fourth-order valence-corrected chi connectivity index (χ4v) is 3.13. The van der Waals surface area contributed by atoms with Gasteiger partial charge >= 0.3 is 0 Å². The molecular weight excluding hydrogens is 270 g/mol. The standard InChI is InChI=1S/C14H23N5O2/c20-14(4-7-19-11-15-10-16-19)17-12-8-21-9-13(12)18-5-2-1-3-6-18/h10-13H,1-9H2,(H,17,20)/t12-,13-/m1/s1. The van der Waals surface area contributed by atoms with Crippen LogP contribution in [0.3, 0.4) is 0 Å². The summed E-state index contributed by atoms with van der Waals surface area (Å²) in [4.78, 5) is 18.4. The molecule has 2 fully saturated rings. The lowest BCUT2D eigenvalue weighted by molar-refractivity contribution is -0.122. The molecule has 3 rings (SSSR count). The Morgan fingerprint density at radius 3 is 2.90 bits per heavy atom. The van der Waals surface area contributed by atoms with E-state index in [4.69, 9.17) is 4.74 Å². The van der Waals surface area contributed by atoms with Crippen LogP contribution in [0.2, 0.25) is 0 Å². The molecule has 2 saturated heterocycles. The molecule has 7 heteroatoms. The molecule has 0 aromatic carbocycles. The third-order valence-electron chi connectivity index (χ3n) is 4.29. The normalized spacial score (nSPS) is 26.9. The summed E-state index contributed by atoms with van der Waals surface area (Å²) >= 11 is 0. The van der Waals surface area contributed by atoms with Gasteiger partial charge in [-0.1, -0.05) is 6.42 Å². The smallest absolute Gasteiger partial charge is 0.222 e. The van der Waals surface area contributed by atoms with Crippen molar-refractivity contribution < 1.29 is 9.53 Å². The van der Waals surface area contributed by atoms with Crippen LogP contribution in [0.5, 0.6) is 0 Å². The van der Waals surface area contributed by atoms with Crippen molar-refractivity contribution in [1.82, 2.24) is 25.0 Å². The molecule has 21 heavy (non-hydrogen) atoms. The number of aryl methyl sites for hydroxylation is 1. The highest BCUT2D eigenvalue weighted by molar-refractivity contribution is 5.76. The number of aromatic nitrogens is 3. The molecule has 1 amide bonds. The first-order valence-corrected chi connectivity index (χ1v) is 7.76. The Morgan fingerprint density at radius 2 is 2.14 bits per heavy atom. The largest absolute Gasteiger partial charge is 0.378 e. The Bertz CT molecular complexity index is 444. The molecule has 0 unspecified atom stereocenters. The molecule has 2 aliphatic rings. The minimum absolute atomic E-state index is 0.0583. The maximum Gasteiger partial charge on any atom is 0.222 e. The first kappa shape index (κ1) is 14.5. The van der Waals surface area contributed by atoms with E-state index >= 15 is 0 Å². The van der Waals surface area contributed by atoms with E-state index in [0.29, 0.717) is 25.6 Å². The number of hydrogen-bond acceptors (Lipinski definition) is 5. The van der Waals surface area contributed by atoms with Crippen molar-refractivity contribution in [1.29, 1.82) is 0 Å². The van der Waals surface area contributed by atoms with Crippen LogP contribution in [0.25, 0.3) is 0 Å². The molecule has 0 aliphatic carbocycles. The summed E-state index contributed by atoms with van der Waals surface area (Å²) in [6, 6.07) is 0.451. The Morgan fingerprint density at radius 1 is 1.29 bits per heavy atom. The number of hydrogen-bond donors (Lipinski definition) is 1. The number of piperidine rings is 1. The average molecular weight is 293 g/mol. The minimum Gasteiger partial charge on any atom is -0.378 e.